The molecule has 0 spiro atoms. The van der Waals surface area contributed by atoms with Crippen LogP contribution in [0.2, 0.25) is 0 Å². The van der Waals surface area contributed by atoms with Crippen molar-refractivity contribution in [2.24, 2.45) is 0 Å². The van der Waals surface area contributed by atoms with Gasteiger partial charge in [-0.05, 0) is 30.4 Å². The molecule has 0 saturated carbocycles. The summed E-state index contributed by atoms with van der Waals surface area (Å²) in [6.45, 7) is 4.36. The maximum Gasteiger partial charge on any atom is 0.135 e. The summed E-state index contributed by atoms with van der Waals surface area (Å²) >= 11 is 1.79. The van der Waals surface area contributed by atoms with Gasteiger partial charge in [0.15, 0.2) is 0 Å². The van der Waals surface area contributed by atoms with Gasteiger partial charge in [0.25, 0.3) is 0 Å². The van der Waals surface area contributed by atoms with Gasteiger partial charge in [0.2, 0.25) is 0 Å². The predicted molar refractivity (Wildman–Crippen MR) is 71.4 cm³/mol. The molecule has 0 amide bonds. The first-order chi connectivity index (χ1) is 7.80. The number of aryl methyl sites for hydroxylation is 2. The van der Waals surface area contributed by atoms with Crippen molar-refractivity contribution in [1.82, 2.24) is 0 Å². The first-order valence-corrected chi connectivity index (χ1v) is 7.10. The van der Waals surface area contributed by atoms with Crippen molar-refractivity contribution in [3.05, 3.63) is 29.5 Å². The van der Waals surface area contributed by atoms with E-state index < -0.39 is 0 Å². The third-order valence-electron chi connectivity index (χ3n) is 2.84. The van der Waals surface area contributed by atoms with Crippen LogP contribution < -0.4 is 0 Å². The van der Waals surface area contributed by atoms with E-state index >= 15 is 0 Å². The van der Waals surface area contributed by atoms with E-state index in [0.717, 1.165) is 24.2 Å². The molecule has 2 rings (SSSR count). The van der Waals surface area contributed by atoms with Crippen LogP contribution in [0.15, 0.2) is 27.5 Å². The second-order valence-electron chi connectivity index (χ2n) is 3.99. The lowest BCUT2D eigenvalue weighted by molar-refractivity contribution is 0.546. The summed E-state index contributed by atoms with van der Waals surface area (Å²) in [6.07, 6.45) is 5.43. The Kier molecular flexibility index (Phi) is 3.59. The van der Waals surface area contributed by atoms with E-state index in [0.29, 0.717) is 0 Å². The molecule has 0 N–H and O–H groups in total. The summed E-state index contributed by atoms with van der Waals surface area (Å²) in [5.41, 5.74) is 2.44. The Hall–Kier alpha value is -0.890. The van der Waals surface area contributed by atoms with Crippen LogP contribution in [0.3, 0.4) is 0 Å². The topological polar surface area (TPSA) is 13.1 Å². The molecule has 1 nitrogen and oxygen atoms in total. The van der Waals surface area contributed by atoms with Crippen LogP contribution in [0.4, 0.5) is 0 Å². The zero-order valence-electron chi connectivity index (χ0n) is 10.2. The van der Waals surface area contributed by atoms with Gasteiger partial charge in [0, 0.05) is 11.8 Å². The minimum absolute atomic E-state index is 0.966. The van der Waals surface area contributed by atoms with Crippen LogP contribution in [-0.2, 0) is 12.8 Å². The van der Waals surface area contributed by atoms with Gasteiger partial charge in [-0.1, -0.05) is 26.3 Å². The summed E-state index contributed by atoms with van der Waals surface area (Å²) < 4.78 is 5.85. The summed E-state index contributed by atoms with van der Waals surface area (Å²) in [4.78, 5) is 1.32. The maximum atomic E-state index is 5.85. The highest BCUT2D eigenvalue weighted by Crippen LogP contribution is 2.34. The quantitative estimate of drug-likeness (QED) is 0.713. The van der Waals surface area contributed by atoms with Crippen molar-refractivity contribution in [2.75, 3.05) is 6.26 Å². The lowest BCUT2D eigenvalue weighted by atomic mass is 10.1. The third kappa shape index (κ3) is 1.99. The molecule has 0 aliphatic heterocycles. The van der Waals surface area contributed by atoms with Gasteiger partial charge in [-0.25, -0.2) is 0 Å². The maximum absolute atomic E-state index is 5.85. The van der Waals surface area contributed by atoms with E-state index in [9.17, 15) is 0 Å². The average molecular weight is 234 g/mol. The van der Waals surface area contributed by atoms with Gasteiger partial charge in [0.05, 0.1) is 4.90 Å². The van der Waals surface area contributed by atoms with Gasteiger partial charge >= 0.3 is 0 Å². The van der Waals surface area contributed by atoms with E-state index in [1.165, 1.54) is 22.3 Å². The fourth-order valence-corrected chi connectivity index (χ4v) is 2.87. The molecule has 0 aliphatic rings. The van der Waals surface area contributed by atoms with Crippen LogP contribution in [0.25, 0.3) is 11.0 Å². The van der Waals surface area contributed by atoms with Crippen molar-refractivity contribution in [2.45, 2.75) is 38.0 Å². The lowest BCUT2D eigenvalue weighted by Crippen LogP contribution is -1.82. The first kappa shape index (κ1) is 11.6. The summed E-state index contributed by atoms with van der Waals surface area (Å²) in [5.74, 6) is 1.12. The predicted octanol–water partition coefficient (Wildman–Crippen LogP) is 4.67. The summed E-state index contributed by atoms with van der Waals surface area (Å²) in [7, 11) is 0. The van der Waals surface area contributed by atoms with Gasteiger partial charge in [-0.15, -0.1) is 11.8 Å². The van der Waals surface area contributed by atoms with Gasteiger partial charge in [-0.2, -0.15) is 0 Å². The molecule has 86 valence electrons. The molecular formula is C14H18OS. The number of benzene rings is 1. The SMILES string of the molecule is CCCc1ccc2oc(CC)c(SC)c2c1. The minimum atomic E-state index is 0.966. The Labute approximate surface area is 101 Å². The fourth-order valence-electron chi connectivity index (χ4n) is 2.07. The Morgan fingerprint density at radius 3 is 2.69 bits per heavy atom. The van der Waals surface area contributed by atoms with Crippen molar-refractivity contribution in [1.29, 1.82) is 0 Å². The summed E-state index contributed by atoms with van der Waals surface area (Å²) in [6, 6.07) is 6.57. The summed E-state index contributed by atoms with van der Waals surface area (Å²) in [5, 5.41) is 1.29. The molecule has 1 aromatic carbocycles. The monoisotopic (exact) mass is 234 g/mol. The van der Waals surface area contributed by atoms with Gasteiger partial charge in [-0.3, -0.25) is 0 Å². The van der Waals surface area contributed by atoms with E-state index in [2.05, 4.69) is 38.3 Å². The van der Waals surface area contributed by atoms with E-state index in [1.807, 2.05) is 0 Å². The Bertz CT molecular complexity index is 485. The van der Waals surface area contributed by atoms with Crippen LogP contribution in [-0.4, -0.2) is 6.26 Å². The smallest absolute Gasteiger partial charge is 0.135 e. The highest BCUT2D eigenvalue weighted by atomic mass is 32.2. The van der Waals surface area contributed by atoms with Gasteiger partial charge < -0.3 is 4.42 Å². The van der Waals surface area contributed by atoms with E-state index in [-0.39, 0.29) is 0 Å². The number of hydrogen-bond donors (Lipinski definition) is 0. The van der Waals surface area contributed by atoms with Crippen LogP contribution >= 0.6 is 11.8 Å². The highest BCUT2D eigenvalue weighted by Gasteiger charge is 2.11. The molecule has 16 heavy (non-hydrogen) atoms. The molecule has 0 unspecified atom stereocenters. The van der Waals surface area contributed by atoms with E-state index in [1.54, 1.807) is 11.8 Å². The van der Waals surface area contributed by atoms with Crippen molar-refractivity contribution in [3.63, 3.8) is 0 Å². The molecule has 1 heterocycles. The molecule has 2 heteroatoms. The molecule has 0 saturated heterocycles. The number of furan rings is 1. The second-order valence-corrected chi connectivity index (χ2v) is 4.81. The van der Waals surface area contributed by atoms with Crippen molar-refractivity contribution in [3.8, 4) is 0 Å². The Morgan fingerprint density at radius 2 is 2.06 bits per heavy atom. The highest BCUT2D eigenvalue weighted by molar-refractivity contribution is 7.98. The molecule has 0 bridgehead atoms. The Balaban J connectivity index is 2.56. The second kappa shape index (κ2) is 4.96. The molecule has 2 aromatic rings. The fraction of sp³-hybridized carbons (Fsp3) is 0.429. The van der Waals surface area contributed by atoms with Crippen molar-refractivity contribution >= 4 is 22.7 Å². The third-order valence-corrected chi connectivity index (χ3v) is 3.69. The molecule has 0 fully saturated rings. The van der Waals surface area contributed by atoms with Gasteiger partial charge in [0.1, 0.15) is 11.3 Å². The van der Waals surface area contributed by atoms with Crippen LogP contribution in [0, 0.1) is 0 Å². The number of fused-ring (bicyclic) bond motifs is 1. The lowest BCUT2D eigenvalue weighted by Gasteiger charge is -1.99. The Morgan fingerprint density at radius 1 is 1.25 bits per heavy atom. The number of rotatable bonds is 4. The largest absolute Gasteiger partial charge is 0.460 e. The minimum Gasteiger partial charge on any atom is -0.460 e. The zero-order chi connectivity index (χ0) is 11.5. The van der Waals surface area contributed by atoms with E-state index in [4.69, 9.17) is 4.42 Å². The zero-order valence-corrected chi connectivity index (χ0v) is 11.0. The molecule has 0 atom stereocenters. The average Bonchev–Trinajstić information content (AvgIpc) is 2.66. The molecular weight excluding hydrogens is 216 g/mol. The molecule has 0 aliphatic carbocycles. The van der Waals surface area contributed by atoms with Crippen molar-refractivity contribution < 1.29 is 4.42 Å². The standard InChI is InChI=1S/C14H18OS/c1-4-6-10-7-8-13-11(9-10)14(16-3)12(5-2)15-13/h7-9H,4-6H2,1-3H3. The molecule has 0 radical (unpaired) electrons. The number of hydrogen-bond acceptors (Lipinski definition) is 2. The van der Waals surface area contributed by atoms with Crippen LogP contribution in [0.1, 0.15) is 31.6 Å². The normalized spacial score (nSPS) is 11.2. The first-order valence-electron chi connectivity index (χ1n) is 5.88. The number of thioether (sulfide) groups is 1. The van der Waals surface area contributed by atoms with Crippen LogP contribution in [0.5, 0.6) is 0 Å². The molecule has 1 aromatic heterocycles.